The van der Waals surface area contributed by atoms with Crippen molar-refractivity contribution < 1.29 is 4.79 Å². The summed E-state index contributed by atoms with van der Waals surface area (Å²) in [5.74, 6) is 0.940. The van der Waals surface area contributed by atoms with Gasteiger partial charge in [0.05, 0.1) is 22.2 Å². The molecule has 0 bridgehead atoms. The number of nitrogens with zero attached hydrogens (tertiary/aromatic N) is 6. The molecule has 156 valence electrons. The van der Waals surface area contributed by atoms with Crippen molar-refractivity contribution in [3.05, 3.63) is 77.6 Å². The smallest absolute Gasteiger partial charge is 0.295 e. The summed E-state index contributed by atoms with van der Waals surface area (Å²) in [5, 5.41) is 9.36. The predicted octanol–water partition coefficient (Wildman–Crippen LogP) is 4.26. The van der Waals surface area contributed by atoms with E-state index in [1.54, 1.807) is 4.52 Å². The molecule has 32 heavy (non-hydrogen) atoms. The average molecular weight is 421 g/mol. The highest BCUT2D eigenvalue weighted by atomic mass is 16.2. The third kappa shape index (κ3) is 2.59. The second-order valence-electron chi connectivity index (χ2n) is 7.89. The van der Waals surface area contributed by atoms with E-state index in [0.29, 0.717) is 11.5 Å². The molecular formula is C24H19N7O. The molecule has 0 aliphatic carbocycles. The van der Waals surface area contributed by atoms with Crippen LogP contribution < -0.4 is 5.32 Å². The standard InChI is InChI=1S/C24H19N7O/c1-13-12-14(2)31-24(25-13)28-22(29-31)23(32)27-20-17-9-5-7-11-19(17)30-15(3)26-18-10-6-4-8-16(18)21(20)30/h4-12H,1-3H3,(H,27,32). The van der Waals surface area contributed by atoms with Crippen LogP contribution in [0.5, 0.6) is 0 Å². The van der Waals surface area contributed by atoms with E-state index in [2.05, 4.69) is 24.8 Å². The highest BCUT2D eigenvalue weighted by Crippen LogP contribution is 2.36. The van der Waals surface area contributed by atoms with Gasteiger partial charge in [-0.05, 0) is 39.0 Å². The number of benzene rings is 2. The summed E-state index contributed by atoms with van der Waals surface area (Å²) in [4.78, 5) is 26.8. The Morgan fingerprint density at radius 3 is 2.50 bits per heavy atom. The van der Waals surface area contributed by atoms with Crippen LogP contribution in [0.15, 0.2) is 54.6 Å². The molecule has 8 heteroatoms. The van der Waals surface area contributed by atoms with E-state index in [9.17, 15) is 4.79 Å². The summed E-state index contributed by atoms with van der Waals surface area (Å²) in [5.41, 5.74) is 5.16. The first kappa shape index (κ1) is 18.4. The fourth-order valence-electron chi connectivity index (χ4n) is 4.39. The summed E-state index contributed by atoms with van der Waals surface area (Å²) >= 11 is 0. The zero-order chi connectivity index (χ0) is 22.0. The van der Waals surface area contributed by atoms with Crippen LogP contribution in [-0.4, -0.2) is 34.9 Å². The molecule has 0 aliphatic heterocycles. The van der Waals surface area contributed by atoms with Crippen molar-refractivity contribution in [2.24, 2.45) is 0 Å². The molecule has 1 N–H and O–H groups in total. The average Bonchev–Trinajstić information content (AvgIpc) is 3.35. The third-order valence-corrected chi connectivity index (χ3v) is 5.70. The summed E-state index contributed by atoms with van der Waals surface area (Å²) in [7, 11) is 0. The molecule has 0 aliphatic rings. The number of carbonyl (C=O) groups excluding carboxylic acids is 1. The highest BCUT2D eigenvalue weighted by molar-refractivity contribution is 6.18. The van der Waals surface area contributed by atoms with E-state index in [-0.39, 0.29) is 11.7 Å². The fourth-order valence-corrected chi connectivity index (χ4v) is 4.39. The zero-order valence-electron chi connectivity index (χ0n) is 17.8. The molecule has 0 atom stereocenters. The van der Waals surface area contributed by atoms with Crippen LogP contribution in [-0.2, 0) is 0 Å². The molecule has 8 nitrogen and oxygen atoms in total. The van der Waals surface area contributed by atoms with Crippen LogP contribution in [0.4, 0.5) is 5.69 Å². The Morgan fingerprint density at radius 2 is 1.66 bits per heavy atom. The van der Waals surface area contributed by atoms with Gasteiger partial charge in [-0.1, -0.05) is 36.4 Å². The Kier molecular flexibility index (Phi) is 3.79. The first-order valence-electron chi connectivity index (χ1n) is 10.3. The number of hydrogen-bond donors (Lipinski definition) is 1. The van der Waals surface area contributed by atoms with Gasteiger partial charge in [0, 0.05) is 22.2 Å². The van der Waals surface area contributed by atoms with Crippen molar-refractivity contribution in [2.75, 3.05) is 5.32 Å². The lowest BCUT2D eigenvalue weighted by Gasteiger charge is -2.08. The summed E-state index contributed by atoms with van der Waals surface area (Å²) < 4.78 is 3.67. The third-order valence-electron chi connectivity index (χ3n) is 5.70. The number of fused-ring (bicyclic) bond motifs is 6. The van der Waals surface area contributed by atoms with Crippen LogP contribution in [0, 0.1) is 20.8 Å². The number of amides is 1. The molecule has 0 saturated carbocycles. The summed E-state index contributed by atoms with van der Waals surface area (Å²) in [6.45, 7) is 5.77. The largest absolute Gasteiger partial charge is 0.317 e. The van der Waals surface area contributed by atoms with Crippen molar-refractivity contribution in [1.82, 2.24) is 29.0 Å². The molecule has 1 amide bonds. The number of anilines is 1. The maximum Gasteiger partial charge on any atom is 0.295 e. The van der Waals surface area contributed by atoms with Gasteiger partial charge in [0.15, 0.2) is 0 Å². The van der Waals surface area contributed by atoms with Gasteiger partial charge in [0.2, 0.25) is 5.82 Å². The number of carbonyl (C=O) groups is 1. The summed E-state index contributed by atoms with van der Waals surface area (Å²) in [6.07, 6.45) is 0. The van der Waals surface area contributed by atoms with Gasteiger partial charge >= 0.3 is 0 Å². The normalized spacial score (nSPS) is 11.7. The lowest BCUT2D eigenvalue weighted by Crippen LogP contribution is -2.14. The second-order valence-corrected chi connectivity index (χ2v) is 7.89. The SMILES string of the molecule is Cc1cc(C)n2nc(C(=O)Nc3c4ccccc4n4c(C)nc5ccccc5c34)nc2n1. The Morgan fingerprint density at radius 1 is 0.906 bits per heavy atom. The van der Waals surface area contributed by atoms with Crippen LogP contribution in [0.2, 0.25) is 0 Å². The molecule has 0 fully saturated rings. The minimum absolute atomic E-state index is 0.0738. The molecule has 0 unspecified atom stereocenters. The van der Waals surface area contributed by atoms with Crippen molar-refractivity contribution in [3.63, 3.8) is 0 Å². The van der Waals surface area contributed by atoms with E-state index >= 15 is 0 Å². The number of rotatable bonds is 2. The molecule has 0 saturated heterocycles. The maximum absolute atomic E-state index is 13.3. The lowest BCUT2D eigenvalue weighted by molar-refractivity contribution is 0.101. The van der Waals surface area contributed by atoms with E-state index in [1.165, 1.54) is 0 Å². The monoisotopic (exact) mass is 421 g/mol. The molecule has 6 aromatic rings. The van der Waals surface area contributed by atoms with E-state index in [4.69, 9.17) is 4.98 Å². The van der Waals surface area contributed by atoms with Crippen molar-refractivity contribution in [1.29, 1.82) is 0 Å². The predicted molar refractivity (Wildman–Crippen MR) is 123 cm³/mol. The van der Waals surface area contributed by atoms with Gasteiger partial charge in [-0.25, -0.2) is 14.5 Å². The van der Waals surface area contributed by atoms with Crippen LogP contribution in [0.1, 0.15) is 27.8 Å². The number of aryl methyl sites for hydroxylation is 3. The molecule has 4 aromatic heterocycles. The Hall–Kier alpha value is -4.33. The molecule has 0 spiro atoms. The van der Waals surface area contributed by atoms with Gasteiger partial charge in [0.25, 0.3) is 11.7 Å². The summed E-state index contributed by atoms with van der Waals surface area (Å²) in [6, 6.07) is 17.8. The van der Waals surface area contributed by atoms with Crippen LogP contribution in [0.25, 0.3) is 33.1 Å². The number of nitrogens with one attached hydrogen (secondary N) is 1. The maximum atomic E-state index is 13.3. The van der Waals surface area contributed by atoms with Gasteiger partial charge < -0.3 is 5.32 Å². The Balaban J connectivity index is 1.59. The Bertz CT molecular complexity index is 1710. The zero-order valence-corrected chi connectivity index (χ0v) is 17.8. The number of aromatic nitrogens is 6. The molecule has 4 heterocycles. The van der Waals surface area contributed by atoms with Crippen molar-refractivity contribution in [3.8, 4) is 0 Å². The van der Waals surface area contributed by atoms with Gasteiger partial charge in [0.1, 0.15) is 5.82 Å². The van der Waals surface area contributed by atoms with Gasteiger partial charge in [-0.15, -0.1) is 5.10 Å². The van der Waals surface area contributed by atoms with Crippen LogP contribution >= 0.6 is 0 Å². The minimum Gasteiger partial charge on any atom is -0.317 e. The van der Waals surface area contributed by atoms with E-state index in [0.717, 1.165) is 44.5 Å². The lowest BCUT2D eigenvalue weighted by atomic mass is 10.1. The first-order valence-corrected chi connectivity index (χ1v) is 10.3. The fraction of sp³-hybridized carbons (Fsp3) is 0.125. The quantitative estimate of drug-likeness (QED) is 0.451. The topological polar surface area (TPSA) is 89.5 Å². The first-order chi connectivity index (χ1) is 15.5. The van der Waals surface area contributed by atoms with E-state index < -0.39 is 0 Å². The van der Waals surface area contributed by atoms with Crippen LogP contribution in [0.3, 0.4) is 0 Å². The van der Waals surface area contributed by atoms with Crippen molar-refractivity contribution in [2.45, 2.75) is 20.8 Å². The highest BCUT2D eigenvalue weighted by Gasteiger charge is 2.21. The molecule has 2 aromatic carbocycles. The molecular weight excluding hydrogens is 402 g/mol. The van der Waals surface area contributed by atoms with E-state index in [1.807, 2.05) is 75.4 Å². The number of hydrogen-bond acceptors (Lipinski definition) is 5. The second kappa shape index (κ2) is 6.58. The molecule has 0 radical (unpaired) electrons. The number of para-hydroxylation sites is 2. The minimum atomic E-state index is -0.385. The van der Waals surface area contributed by atoms with Crippen molar-refractivity contribution >= 4 is 44.7 Å². The Labute approximate surface area is 182 Å². The van der Waals surface area contributed by atoms with Gasteiger partial charge in [-0.2, -0.15) is 4.98 Å². The van der Waals surface area contributed by atoms with Gasteiger partial charge in [-0.3, -0.25) is 9.20 Å². The molecule has 6 rings (SSSR count).